The molecule has 0 spiro atoms. The highest BCUT2D eigenvalue weighted by Gasteiger charge is 2.12. The van der Waals surface area contributed by atoms with Crippen molar-refractivity contribution < 1.29 is 9.84 Å². The van der Waals surface area contributed by atoms with Gasteiger partial charge in [-0.05, 0) is 12.1 Å². The number of hydrogen-bond acceptors (Lipinski definition) is 3. The van der Waals surface area contributed by atoms with Crippen molar-refractivity contribution in [2.75, 3.05) is 13.7 Å². The summed E-state index contributed by atoms with van der Waals surface area (Å²) in [6, 6.07) is 7.55. The van der Waals surface area contributed by atoms with Crippen molar-refractivity contribution in [3.8, 4) is 17.1 Å². The summed E-state index contributed by atoms with van der Waals surface area (Å²) in [6.45, 7) is 0.0350. The van der Waals surface area contributed by atoms with Gasteiger partial charge < -0.3 is 14.8 Å². The SMILES string of the molecule is COc1ccccc1-c1nc(Cl)c(CCO)[nH]1. The summed E-state index contributed by atoms with van der Waals surface area (Å²) in [5, 5.41) is 9.28. The van der Waals surface area contributed by atoms with Crippen molar-refractivity contribution in [3.63, 3.8) is 0 Å². The second-order valence-corrected chi connectivity index (χ2v) is 3.89. The molecule has 0 bridgehead atoms. The largest absolute Gasteiger partial charge is 0.496 e. The molecule has 0 aliphatic rings. The predicted octanol–water partition coefficient (Wildman–Crippen LogP) is 2.27. The number of nitrogens with one attached hydrogen (secondary N) is 1. The minimum Gasteiger partial charge on any atom is -0.496 e. The first-order chi connectivity index (χ1) is 8.26. The van der Waals surface area contributed by atoms with Gasteiger partial charge in [0.2, 0.25) is 0 Å². The van der Waals surface area contributed by atoms with Crippen LogP contribution in [0.25, 0.3) is 11.4 Å². The summed E-state index contributed by atoms with van der Waals surface area (Å²) in [5.41, 5.74) is 1.58. The molecule has 1 heterocycles. The fourth-order valence-electron chi connectivity index (χ4n) is 1.63. The number of rotatable bonds is 4. The summed E-state index contributed by atoms with van der Waals surface area (Å²) < 4.78 is 5.26. The van der Waals surface area contributed by atoms with Crippen LogP contribution in [0.3, 0.4) is 0 Å². The molecule has 0 fully saturated rings. The molecule has 5 heteroatoms. The van der Waals surface area contributed by atoms with E-state index in [0.717, 1.165) is 17.0 Å². The Labute approximate surface area is 104 Å². The maximum Gasteiger partial charge on any atom is 0.150 e. The molecule has 1 aromatic carbocycles. The maximum atomic E-state index is 8.89. The van der Waals surface area contributed by atoms with Gasteiger partial charge in [0.1, 0.15) is 11.6 Å². The number of halogens is 1. The van der Waals surface area contributed by atoms with Crippen molar-refractivity contribution >= 4 is 11.6 Å². The van der Waals surface area contributed by atoms with Crippen molar-refractivity contribution in [2.24, 2.45) is 0 Å². The average Bonchev–Trinajstić information content (AvgIpc) is 2.71. The van der Waals surface area contributed by atoms with Gasteiger partial charge in [0.25, 0.3) is 0 Å². The molecule has 2 aromatic rings. The lowest BCUT2D eigenvalue weighted by molar-refractivity contribution is 0.298. The number of imidazole rings is 1. The number of para-hydroxylation sites is 1. The van der Waals surface area contributed by atoms with Crippen LogP contribution in [0.4, 0.5) is 0 Å². The van der Waals surface area contributed by atoms with Gasteiger partial charge in [0.15, 0.2) is 5.15 Å². The monoisotopic (exact) mass is 252 g/mol. The minimum absolute atomic E-state index is 0.0350. The van der Waals surface area contributed by atoms with Crippen LogP contribution >= 0.6 is 11.6 Å². The molecular weight excluding hydrogens is 240 g/mol. The van der Waals surface area contributed by atoms with Crippen molar-refractivity contribution in [1.29, 1.82) is 0 Å². The van der Waals surface area contributed by atoms with Crippen molar-refractivity contribution in [3.05, 3.63) is 35.1 Å². The zero-order valence-electron chi connectivity index (χ0n) is 9.40. The fourth-order valence-corrected chi connectivity index (χ4v) is 1.86. The Morgan fingerprint density at radius 2 is 2.18 bits per heavy atom. The lowest BCUT2D eigenvalue weighted by atomic mass is 10.2. The van der Waals surface area contributed by atoms with E-state index in [4.69, 9.17) is 21.4 Å². The van der Waals surface area contributed by atoms with E-state index in [-0.39, 0.29) is 6.61 Å². The molecule has 0 saturated heterocycles. The first kappa shape index (κ1) is 12.0. The molecule has 0 aliphatic carbocycles. The quantitative estimate of drug-likeness (QED) is 0.878. The van der Waals surface area contributed by atoms with Crippen LogP contribution in [0, 0.1) is 0 Å². The number of H-pyrrole nitrogens is 1. The van der Waals surface area contributed by atoms with Gasteiger partial charge in [-0.3, -0.25) is 0 Å². The smallest absolute Gasteiger partial charge is 0.150 e. The Bertz CT molecular complexity index is 511. The van der Waals surface area contributed by atoms with E-state index in [1.807, 2.05) is 24.3 Å². The number of methoxy groups -OCH3 is 1. The zero-order valence-corrected chi connectivity index (χ0v) is 10.2. The van der Waals surface area contributed by atoms with Crippen LogP contribution in [0.15, 0.2) is 24.3 Å². The van der Waals surface area contributed by atoms with Gasteiger partial charge in [0.05, 0.1) is 18.4 Å². The van der Waals surface area contributed by atoms with Crippen LogP contribution < -0.4 is 4.74 Å². The topological polar surface area (TPSA) is 58.1 Å². The van der Waals surface area contributed by atoms with E-state index in [9.17, 15) is 0 Å². The Balaban J connectivity index is 2.42. The van der Waals surface area contributed by atoms with Gasteiger partial charge in [-0.2, -0.15) is 0 Å². The molecule has 4 nitrogen and oxygen atoms in total. The normalized spacial score (nSPS) is 10.5. The Morgan fingerprint density at radius 1 is 1.41 bits per heavy atom. The molecule has 0 atom stereocenters. The number of aromatic amines is 1. The minimum atomic E-state index is 0.0350. The number of aliphatic hydroxyl groups excluding tert-OH is 1. The first-order valence-electron chi connectivity index (χ1n) is 5.25. The molecule has 2 N–H and O–H groups in total. The highest BCUT2D eigenvalue weighted by Crippen LogP contribution is 2.29. The third kappa shape index (κ3) is 2.43. The number of ether oxygens (including phenoxy) is 1. The van der Waals surface area contributed by atoms with Gasteiger partial charge >= 0.3 is 0 Å². The van der Waals surface area contributed by atoms with Crippen LogP contribution in [0.2, 0.25) is 5.15 Å². The molecule has 2 rings (SSSR count). The van der Waals surface area contributed by atoms with E-state index in [1.165, 1.54) is 0 Å². The summed E-state index contributed by atoms with van der Waals surface area (Å²) in [6.07, 6.45) is 0.459. The number of benzene rings is 1. The molecule has 0 saturated carbocycles. The van der Waals surface area contributed by atoms with Crippen LogP contribution in [-0.2, 0) is 6.42 Å². The number of aliphatic hydroxyl groups is 1. The van der Waals surface area contributed by atoms with E-state index in [2.05, 4.69) is 9.97 Å². The average molecular weight is 253 g/mol. The van der Waals surface area contributed by atoms with Crippen molar-refractivity contribution in [2.45, 2.75) is 6.42 Å². The second kappa shape index (κ2) is 5.21. The number of aromatic nitrogens is 2. The standard InChI is InChI=1S/C12H13ClN2O2/c1-17-10-5-3-2-4-8(10)12-14-9(6-7-16)11(13)15-12/h2-5,16H,6-7H2,1H3,(H,14,15). The Hall–Kier alpha value is -1.52. The molecule has 90 valence electrons. The number of hydrogen-bond donors (Lipinski definition) is 2. The summed E-state index contributed by atoms with van der Waals surface area (Å²) >= 11 is 5.97. The molecule has 1 aromatic heterocycles. The van der Waals surface area contributed by atoms with E-state index >= 15 is 0 Å². The lowest BCUT2D eigenvalue weighted by Crippen LogP contribution is -1.92. The molecular formula is C12H13ClN2O2. The zero-order chi connectivity index (χ0) is 12.3. The molecule has 17 heavy (non-hydrogen) atoms. The van der Waals surface area contributed by atoms with E-state index in [0.29, 0.717) is 17.4 Å². The molecule has 0 unspecified atom stereocenters. The van der Waals surface area contributed by atoms with Gasteiger partial charge in [-0.1, -0.05) is 23.7 Å². The Kier molecular flexibility index (Phi) is 3.66. The molecule has 0 amide bonds. The third-order valence-electron chi connectivity index (χ3n) is 2.45. The van der Waals surface area contributed by atoms with E-state index in [1.54, 1.807) is 7.11 Å². The number of nitrogens with zero attached hydrogens (tertiary/aromatic N) is 1. The third-order valence-corrected chi connectivity index (χ3v) is 2.76. The van der Waals surface area contributed by atoms with Crippen LogP contribution in [-0.4, -0.2) is 28.8 Å². The Morgan fingerprint density at radius 3 is 2.88 bits per heavy atom. The highest BCUT2D eigenvalue weighted by molar-refractivity contribution is 6.30. The van der Waals surface area contributed by atoms with E-state index < -0.39 is 0 Å². The molecule has 0 aliphatic heterocycles. The van der Waals surface area contributed by atoms with Crippen LogP contribution in [0.5, 0.6) is 5.75 Å². The first-order valence-corrected chi connectivity index (χ1v) is 5.62. The maximum absolute atomic E-state index is 8.89. The summed E-state index contributed by atoms with van der Waals surface area (Å²) in [5.74, 6) is 1.38. The second-order valence-electron chi connectivity index (χ2n) is 3.53. The summed E-state index contributed by atoms with van der Waals surface area (Å²) in [4.78, 5) is 7.32. The molecule has 0 radical (unpaired) electrons. The highest BCUT2D eigenvalue weighted by atomic mass is 35.5. The van der Waals surface area contributed by atoms with Gasteiger partial charge in [-0.25, -0.2) is 4.98 Å². The van der Waals surface area contributed by atoms with Gasteiger partial charge in [-0.15, -0.1) is 0 Å². The van der Waals surface area contributed by atoms with Crippen LogP contribution in [0.1, 0.15) is 5.69 Å². The lowest BCUT2D eigenvalue weighted by Gasteiger charge is -2.04. The predicted molar refractivity (Wildman–Crippen MR) is 66.4 cm³/mol. The summed E-state index contributed by atoms with van der Waals surface area (Å²) in [7, 11) is 1.61. The fraction of sp³-hybridized carbons (Fsp3) is 0.250. The van der Waals surface area contributed by atoms with Gasteiger partial charge in [0, 0.05) is 13.0 Å². The van der Waals surface area contributed by atoms with Crippen molar-refractivity contribution in [1.82, 2.24) is 9.97 Å².